The van der Waals surface area contributed by atoms with E-state index >= 15 is 0 Å². The average molecular weight is 456 g/mol. The number of hydrogen-bond donors (Lipinski definition) is 1. The quantitative estimate of drug-likeness (QED) is 0.389. The monoisotopic (exact) mass is 455 g/mol. The molecule has 34 heavy (non-hydrogen) atoms. The Hall–Kier alpha value is -3.67. The molecule has 0 aliphatic carbocycles. The highest BCUT2D eigenvalue weighted by molar-refractivity contribution is 5.79. The molecule has 4 rings (SSSR count). The van der Waals surface area contributed by atoms with Crippen LogP contribution in [0.4, 0.5) is 0 Å². The zero-order valence-corrected chi connectivity index (χ0v) is 20.5. The summed E-state index contributed by atoms with van der Waals surface area (Å²) in [5.41, 5.74) is 7.60. The number of rotatable bonds is 9. The number of benzene rings is 2. The van der Waals surface area contributed by atoms with Crippen LogP contribution < -0.4 is 5.32 Å². The molecule has 2 aromatic heterocycles. The van der Waals surface area contributed by atoms with Crippen molar-refractivity contribution in [1.29, 1.82) is 0 Å². The molecule has 0 radical (unpaired) electrons. The second-order valence-electron chi connectivity index (χ2n) is 9.24. The van der Waals surface area contributed by atoms with Gasteiger partial charge in [0.25, 0.3) is 0 Å². The zero-order valence-electron chi connectivity index (χ0n) is 20.5. The van der Waals surface area contributed by atoms with Crippen LogP contribution in [0.3, 0.4) is 0 Å². The van der Waals surface area contributed by atoms with Gasteiger partial charge < -0.3 is 5.32 Å². The van der Waals surface area contributed by atoms with Gasteiger partial charge in [0.1, 0.15) is 0 Å². The Morgan fingerprint density at radius 3 is 2.50 bits per heavy atom. The summed E-state index contributed by atoms with van der Waals surface area (Å²) in [5, 5.41) is 12.0. The van der Waals surface area contributed by atoms with Crippen LogP contribution in [-0.4, -0.2) is 25.5 Å². The van der Waals surface area contributed by atoms with Crippen molar-refractivity contribution in [3.05, 3.63) is 95.1 Å². The molecule has 2 heterocycles. The van der Waals surface area contributed by atoms with Gasteiger partial charge in [-0.3, -0.25) is 14.2 Å². The van der Waals surface area contributed by atoms with Crippen molar-refractivity contribution < 1.29 is 4.79 Å². The average Bonchev–Trinajstić information content (AvgIpc) is 3.42. The largest absolute Gasteiger partial charge is 0.352 e. The number of aryl methyl sites for hydroxylation is 1. The van der Waals surface area contributed by atoms with Crippen LogP contribution in [0.15, 0.2) is 67.0 Å². The van der Waals surface area contributed by atoms with Gasteiger partial charge in [-0.25, -0.2) is 0 Å². The molecule has 176 valence electrons. The summed E-state index contributed by atoms with van der Waals surface area (Å²) >= 11 is 0. The van der Waals surface area contributed by atoms with Gasteiger partial charge in [-0.15, -0.1) is 0 Å². The van der Waals surface area contributed by atoms with E-state index in [0.717, 1.165) is 46.7 Å². The van der Waals surface area contributed by atoms with E-state index in [4.69, 9.17) is 0 Å². The number of carbonyl (C=O) groups is 1. The fourth-order valence-corrected chi connectivity index (χ4v) is 4.26. The lowest BCUT2D eigenvalue weighted by Crippen LogP contribution is -2.25. The van der Waals surface area contributed by atoms with Crippen molar-refractivity contribution in [3.63, 3.8) is 0 Å². The summed E-state index contributed by atoms with van der Waals surface area (Å²) < 4.78 is 3.93. The Morgan fingerprint density at radius 1 is 1.03 bits per heavy atom. The first-order valence-corrected chi connectivity index (χ1v) is 11.8. The first-order chi connectivity index (χ1) is 16.4. The summed E-state index contributed by atoms with van der Waals surface area (Å²) in [7, 11) is 0. The zero-order chi connectivity index (χ0) is 24.1. The standard InChI is InChI=1S/C28H33N5O/c1-20(2)18-33-22(4)27(21(3)31-33)16-28(34)29-17-25-8-5-6-9-26(25)24-12-10-23(11-13-24)19-32-15-7-14-30-32/h5-15,20H,16-19H2,1-4H3,(H,29,34). The van der Waals surface area contributed by atoms with Crippen LogP contribution in [0.5, 0.6) is 0 Å². The third kappa shape index (κ3) is 5.63. The third-order valence-corrected chi connectivity index (χ3v) is 6.07. The summed E-state index contributed by atoms with van der Waals surface area (Å²) in [6.07, 6.45) is 4.10. The molecule has 0 fully saturated rings. The minimum atomic E-state index is 0.0136. The predicted molar refractivity (Wildman–Crippen MR) is 135 cm³/mol. The van der Waals surface area contributed by atoms with E-state index in [1.54, 1.807) is 6.20 Å². The lowest BCUT2D eigenvalue weighted by Gasteiger charge is -2.12. The van der Waals surface area contributed by atoms with Crippen molar-refractivity contribution in [3.8, 4) is 11.1 Å². The van der Waals surface area contributed by atoms with Crippen molar-refractivity contribution in [2.24, 2.45) is 5.92 Å². The number of carbonyl (C=O) groups excluding carboxylic acids is 1. The maximum absolute atomic E-state index is 12.8. The van der Waals surface area contributed by atoms with Gasteiger partial charge in [-0.1, -0.05) is 62.4 Å². The van der Waals surface area contributed by atoms with Gasteiger partial charge in [0.2, 0.25) is 5.91 Å². The minimum absolute atomic E-state index is 0.0136. The third-order valence-electron chi connectivity index (χ3n) is 6.07. The molecule has 4 aromatic rings. The Bertz CT molecular complexity index is 1240. The van der Waals surface area contributed by atoms with Gasteiger partial charge >= 0.3 is 0 Å². The summed E-state index contributed by atoms with van der Waals surface area (Å²) in [5.74, 6) is 0.524. The molecule has 0 aliphatic rings. The molecule has 0 unspecified atom stereocenters. The van der Waals surface area contributed by atoms with Gasteiger partial charge in [0.15, 0.2) is 0 Å². The Kier molecular flexibility index (Phi) is 7.26. The van der Waals surface area contributed by atoms with Crippen molar-refractivity contribution in [2.75, 3.05) is 0 Å². The van der Waals surface area contributed by atoms with Crippen molar-refractivity contribution in [1.82, 2.24) is 24.9 Å². The smallest absolute Gasteiger partial charge is 0.224 e. The minimum Gasteiger partial charge on any atom is -0.352 e. The van der Waals surface area contributed by atoms with Gasteiger partial charge in [-0.2, -0.15) is 10.2 Å². The van der Waals surface area contributed by atoms with Crippen LogP contribution in [0.1, 0.15) is 41.9 Å². The van der Waals surface area contributed by atoms with Crippen LogP contribution in [0.2, 0.25) is 0 Å². The number of nitrogens with zero attached hydrogens (tertiary/aromatic N) is 4. The number of nitrogens with one attached hydrogen (secondary N) is 1. The maximum Gasteiger partial charge on any atom is 0.224 e. The van der Waals surface area contributed by atoms with Crippen LogP contribution in [0.25, 0.3) is 11.1 Å². The molecule has 2 aromatic carbocycles. The Morgan fingerprint density at radius 2 is 1.79 bits per heavy atom. The molecule has 1 N–H and O–H groups in total. The highest BCUT2D eigenvalue weighted by atomic mass is 16.1. The molecule has 6 nitrogen and oxygen atoms in total. The number of hydrogen-bond acceptors (Lipinski definition) is 3. The fourth-order valence-electron chi connectivity index (χ4n) is 4.26. The molecule has 0 saturated carbocycles. The van der Waals surface area contributed by atoms with E-state index in [1.165, 1.54) is 5.56 Å². The molecule has 0 spiro atoms. The number of amides is 1. The molecule has 0 saturated heterocycles. The lowest BCUT2D eigenvalue weighted by atomic mass is 9.98. The lowest BCUT2D eigenvalue weighted by molar-refractivity contribution is -0.120. The van der Waals surface area contributed by atoms with E-state index in [0.29, 0.717) is 18.9 Å². The molecule has 0 bridgehead atoms. The fraction of sp³-hybridized carbons (Fsp3) is 0.321. The van der Waals surface area contributed by atoms with Gasteiger partial charge in [-0.05, 0) is 48.1 Å². The summed E-state index contributed by atoms with van der Waals surface area (Å²) in [6, 6.07) is 18.7. The second-order valence-corrected chi connectivity index (χ2v) is 9.24. The van der Waals surface area contributed by atoms with Crippen LogP contribution >= 0.6 is 0 Å². The highest BCUT2D eigenvalue weighted by Crippen LogP contribution is 2.24. The Labute approximate surface area is 201 Å². The van der Waals surface area contributed by atoms with E-state index < -0.39 is 0 Å². The normalized spacial score (nSPS) is 11.2. The van der Waals surface area contributed by atoms with Crippen LogP contribution in [0, 0.1) is 19.8 Å². The van der Waals surface area contributed by atoms with E-state index in [1.807, 2.05) is 40.7 Å². The molecule has 1 amide bonds. The second kappa shape index (κ2) is 10.5. The Balaban J connectivity index is 1.42. The highest BCUT2D eigenvalue weighted by Gasteiger charge is 2.16. The topological polar surface area (TPSA) is 64.7 Å². The van der Waals surface area contributed by atoms with Crippen LogP contribution in [-0.2, 0) is 30.8 Å². The molecular formula is C28H33N5O. The predicted octanol–water partition coefficient (Wildman–Crippen LogP) is 4.93. The van der Waals surface area contributed by atoms with E-state index in [2.05, 4.69) is 72.7 Å². The summed E-state index contributed by atoms with van der Waals surface area (Å²) in [6.45, 7) is 10.5. The SMILES string of the molecule is Cc1nn(CC(C)C)c(C)c1CC(=O)NCc1ccccc1-c1ccc(Cn2cccn2)cc1. The van der Waals surface area contributed by atoms with E-state index in [-0.39, 0.29) is 5.91 Å². The first-order valence-electron chi connectivity index (χ1n) is 11.8. The molecule has 0 atom stereocenters. The van der Waals surface area contributed by atoms with Crippen molar-refractivity contribution >= 4 is 5.91 Å². The molecule has 6 heteroatoms. The summed E-state index contributed by atoms with van der Waals surface area (Å²) in [4.78, 5) is 12.8. The van der Waals surface area contributed by atoms with Gasteiger partial charge in [0, 0.05) is 36.7 Å². The maximum atomic E-state index is 12.8. The molecular weight excluding hydrogens is 422 g/mol. The van der Waals surface area contributed by atoms with Gasteiger partial charge in [0.05, 0.1) is 18.7 Å². The van der Waals surface area contributed by atoms with E-state index in [9.17, 15) is 4.79 Å². The van der Waals surface area contributed by atoms with Crippen molar-refractivity contribution in [2.45, 2.75) is 53.8 Å². The first kappa shape index (κ1) is 23.5. The number of aromatic nitrogens is 4. The molecule has 0 aliphatic heterocycles.